The molecule has 0 radical (unpaired) electrons. The summed E-state index contributed by atoms with van der Waals surface area (Å²) >= 11 is 3.51. The first-order valence-corrected chi connectivity index (χ1v) is 8.30. The van der Waals surface area contributed by atoms with E-state index in [2.05, 4.69) is 26.0 Å². The molecule has 7 heteroatoms. The van der Waals surface area contributed by atoms with Crippen LogP contribution in [-0.4, -0.2) is 25.7 Å². The molecule has 4 aromatic rings. The number of hydrogen-bond acceptors (Lipinski definition) is 4. The maximum atomic E-state index is 11.9. The van der Waals surface area contributed by atoms with Crippen LogP contribution in [0.1, 0.15) is 16.1 Å². The number of carboxylic acid groups (broad SMARTS) is 1. The first kappa shape index (κ1) is 15.6. The molecule has 25 heavy (non-hydrogen) atoms. The fourth-order valence-electron chi connectivity index (χ4n) is 2.80. The van der Waals surface area contributed by atoms with Gasteiger partial charge in [0.2, 0.25) is 0 Å². The summed E-state index contributed by atoms with van der Waals surface area (Å²) < 4.78 is 8.04. The minimum absolute atomic E-state index is 0.0472. The van der Waals surface area contributed by atoms with Gasteiger partial charge in [0.1, 0.15) is 12.9 Å². The highest BCUT2D eigenvalue weighted by molar-refractivity contribution is 9.10. The standard InChI is InChI=1S/C18H12BrN3O3/c19-13-8-4-7-12-14(13)17-20-10-21-22(17)15(18(23)24)16(12)25-9-11-5-2-1-3-6-11/h1-8,10H,9H2,(H,23,24). The van der Waals surface area contributed by atoms with Crippen LogP contribution >= 0.6 is 15.9 Å². The smallest absolute Gasteiger partial charge is 0.358 e. The van der Waals surface area contributed by atoms with Crippen LogP contribution in [-0.2, 0) is 6.61 Å². The normalized spacial score (nSPS) is 11.1. The predicted molar refractivity (Wildman–Crippen MR) is 95.9 cm³/mol. The summed E-state index contributed by atoms with van der Waals surface area (Å²) in [5, 5.41) is 15.2. The van der Waals surface area contributed by atoms with E-state index in [1.165, 1.54) is 10.8 Å². The van der Waals surface area contributed by atoms with Crippen molar-refractivity contribution in [3.63, 3.8) is 0 Å². The number of hydrogen-bond donors (Lipinski definition) is 1. The van der Waals surface area contributed by atoms with E-state index in [9.17, 15) is 9.90 Å². The molecular formula is C18H12BrN3O3. The highest BCUT2D eigenvalue weighted by Crippen LogP contribution is 2.36. The third-order valence-electron chi connectivity index (χ3n) is 3.89. The minimum atomic E-state index is -1.12. The van der Waals surface area contributed by atoms with Crippen LogP contribution in [0.3, 0.4) is 0 Å². The zero-order valence-corrected chi connectivity index (χ0v) is 14.5. The average molecular weight is 398 g/mol. The molecule has 2 aromatic carbocycles. The predicted octanol–water partition coefficient (Wildman–Crippen LogP) is 3.92. The number of carbonyl (C=O) groups is 1. The number of fused-ring (bicyclic) bond motifs is 3. The third kappa shape index (κ3) is 2.62. The van der Waals surface area contributed by atoms with E-state index in [-0.39, 0.29) is 18.1 Å². The number of rotatable bonds is 4. The van der Waals surface area contributed by atoms with Crippen molar-refractivity contribution in [1.29, 1.82) is 0 Å². The number of carboxylic acids is 1. The summed E-state index contributed by atoms with van der Waals surface area (Å²) in [4.78, 5) is 16.1. The van der Waals surface area contributed by atoms with Gasteiger partial charge < -0.3 is 9.84 Å². The molecule has 4 rings (SSSR count). The molecule has 0 amide bonds. The van der Waals surface area contributed by atoms with E-state index in [4.69, 9.17) is 4.74 Å². The van der Waals surface area contributed by atoms with Crippen molar-refractivity contribution in [3.8, 4) is 5.75 Å². The van der Waals surface area contributed by atoms with Crippen molar-refractivity contribution in [1.82, 2.24) is 14.6 Å². The largest absolute Gasteiger partial charge is 0.486 e. The van der Waals surface area contributed by atoms with Crippen LogP contribution in [0.5, 0.6) is 5.75 Å². The number of aromatic carboxylic acids is 1. The number of ether oxygens (including phenoxy) is 1. The fraction of sp³-hybridized carbons (Fsp3) is 0.0556. The number of aromatic nitrogens is 3. The number of benzene rings is 2. The Kier molecular flexibility index (Phi) is 3.85. The van der Waals surface area contributed by atoms with Gasteiger partial charge in [-0.2, -0.15) is 5.10 Å². The van der Waals surface area contributed by atoms with Gasteiger partial charge in [0, 0.05) is 15.2 Å². The molecule has 0 unspecified atom stereocenters. The molecule has 0 atom stereocenters. The Labute approximate surface area is 150 Å². The lowest BCUT2D eigenvalue weighted by Gasteiger charge is -2.14. The molecule has 0 aliphatic rings. The second-order valence-corrected chi connectivity index (χ2v) is 6.27. The summed E-state index contributed by atoms with van der Waals surface area (Å²) in [5.74, 6) is -0.855. The molecular weight excluding hydrogens is 386 g/mol. The Balaban J connectivity index is 1.97. The van der Waals surface area contributed by atoms with E-state index in [1.54, 1.807) is 0 Å². The average Bonchev–Trinajstić information content (AvgIpc) is 3.09. The number of pyridine rings is 1. The van der Waals surface area contributed by atoms with Crippen molar-refractivity contribution in [3.05, 3.63) is 70.6 Å². The number of halogens is 1. The summed E-state index contributed by atoms with van der Waals surface area (Å²) in [5.41, 5.74) is 1.36. The van der Waals surface area contributed by atoms with Gasteiger partial charge in [-0.25, -0.2) is 14.3 Å². The maximum absolute atomic E-state index is 11.9. The van der Waals surface area contributed by atoms with Gasteiger partial charge in [-0.15, -0.1) is 0 Å². The van der Waals surface area contributed by atoms with Gasteiger partial charge in [-0.3, -0.25) is 0 Å². The van der Waals surface area contributed by atoms with Crippen molar-refractivity contribution in [2.24, 2.45) is 0 Å². The summed E-state index contributed by atoms with van der Waals surface area (Å²) in [6.45, 7) is 0.253. The first-order valence-electron chi connectivity index (χ1n) is 7.50. The Morgan fingerprint density at radius 1 is 1.16 bits per heavy atom. The molecule has 2 aromatic heterocycles. The molecule has 0 aliphatic heterocycles. The van der Waals surface area contributed by atoms with Crippen LogP contribution in [0.15, 0.2) is 59.3 Å². The first-order chi connectivity index (χ1) is 12.2. The van der Waals surface area contributed by atoms with E-state index in [0.29, 0.717) is 11.0 Å². The Bertz CT molecular complexity index is 1090. The molecule has 0 fully saturated rings. The highest BCUT2D eigenvalue weighted by atomic mass is 79.9. The van der Waals surface area contributed by atoms with Crippen LogP contribution in [0.4, 0.5) is 0 Å². The Morgan fingerprint density at radius 3 is 2.72 bits per heavy atom. The molecule has 6 nitrogen and oxygen atoms in total. The van der Waals surface area contributed by atoms with Gasteiger partial charge in [-0.1, -0.05) is 58.4 Å². The highest BCUT2D eigenvalue weighted by Gasteiger charge is 2.23. The minimum Gasteiger partial charge on any atom is -0.486 e. The van der Waals surface area contributed by atoms with E-state index in [0.717, 1.165) is 15.4 Å². The third-order valence-corrected chi connectivity index (χ3v) is 4.55. The lowest BCUT2D eigenvalue weighted by molar-refractivity contribution is 0.0682. The van der Waals surface area contributed by atoms with Crippen LogP contribution in [0.2, 0.25) is 0 Å². The van der Waals surface area contributed by atoms with E-state index in [1.807, 2.05) is 48.5 Å². The molecule has 0 spiro atoms. The lowest BCUT2D eigenvalue weighted by atomic mass is 10.1. The molecule has 124 valence electrons. The van der Waals surface area contributed by atoms with Gasteiger partial charge in [0.25, 0.3) is 0 Å². The van der Waals surface area contributed by atoms with Crippen LogP contribution in [0, 0.1) is 0 Å². The second-order valence-electron chi connectivity index (χ2n) is 5.42. The van der Waals surface area contributed by atoms with E-state index >= 15 is 0 Å². The summed E-state index contributed by atoms with van der Waals surface area (Å²) in [6, 6.07) is 15.1. The molecule has 0 bridgehead atoms. The van der Waals surface area contributed by atoms with Gasteiger partial charge in [0.15, 0.2) is 17.1 Å². The SMILES string of the molecule is O=C(O)c1c(OCc2ccccc2)c2cccc(Br)c2c2ncnn12. The van der Waals surface area contributed by atoms with Gasteiger partial charge in [0.05, 0.1) is 0 Å². The van der Waals surface area contributed by atoms with Crippen LogP contribution < -0.4 is 4.74 Å². The monoisotopic (exact) mass is 397 g/mol. The molecule has 2 heterocycles. The maximum Gasteiger partial charge on any atom is 0.358 e. The summed E-state index contributed by atoms with van der Waals surface area (Å²) in [6.07, 6.45) is 1.33. The molecule has 1 N–H and O–H groups in total. The quantitative estimate of drug-likeness (QED) is 0.564. The molecule has 0 aliphatic carbocycles. The van der Waals surface area contributed by atoms with E-state index < -0.39 is 5.97 Å². The van der Waals surface area contributed by atoms with Crippen molar-refractivity contribution >= 4 is 38.3 Å². The van der Waals surface area contributed by atoms with Crippen molar-refractivity contribution in [2.45, 2.75) is 6.61 Å². The van der Waals surface area contributed by atoms with Gasteiger partial charge in [-0.05, 0) is 11.6 Å². The zero-order valence-electron chi connectivity index (χ0n) is 12.9. The summed E-state index contributed by atoms with van der Waals surface area (Å²) in [7, 11) is 0. The van der Waals surface area contributed by atoms with Crippen LogP contribution in [0.25, 0.3) is 16.4 Å². The molecule has 0 saturated carbocycles. The Hall–Kier alpha value is -2.93. The van der Waals surface area contributed by atoms with Crippen molar-refractivity contribution in [2.75, 3.05) is 0 Å². The van der Waals surface area contributed by atoms with Crippen molar-refractivity contribution < 1.29 is 14.6 Å². The fourth-order valence-corrected chi connectivity index (χ4v) is 3.35. The second kappa shape index (κ2) is 6.18. The van der Waals surface area contributed by atoms with Gasteiger partial charge >= 0.3 is 5.97 Å². The topological polar surface area (TPSA) is 76.7 Å². The lowest BCUT2D eigenvalue weighted by Crippen LogP contribution is -2.11. The molecule has 0 saturated heterocycles. The zero-order chi connectivity index (χ0) is 17.4. The Morgan fingerprint density at radius 2 is 1.96 bits per heavy atom. The number of nitrogens with zero attached hydrogens (tertiary/aromatic N) is 3.